The molecule has 0 amide bonds. The molecular weight excluding hydrogens is 188 g/mol. The highest BCUT2D eigenvalue weighted by Gasteiger charge is 2.38. The highest BCUT2D eigenvalue weighted by atomic mass is 32.2. The van der Waals surface area contributed by atoms with Crippen molar-refractivity contribution in [2.45, 2.75) is 39.7 Å². The average molecular weight is 206 g/mol. The summed E-state index contributed by atoms with van der Waals surface area (Å²) in [6, 6.07) is 0. The first kappa shape index (κ1) is 11.0. The molecule has 0 aliphatic heterocycles. The summed E-state index contributed by atoms with van der Waals surface area (Å²) in [5, 5.41) is 0. The molecule has 78 valence electrons. The molecule has 2 unspecified atom stereocenters. The molecule has 0 aromatic heterocycles. The zero-order chi connectivity index (χ0) is 10.3. The first-order valence-corrected chi connectivity index (χ1v) is 6.39. The van der Waals surface area contributed by atoms with E-state index in [1.807, 2.05) is 6.92 Å². The first-order chi connectivity index (χ1) is 5.70. The van der Waals surface area contributed by atoms with Crippen LogP contribution in [0.5, 0.6) is 0 Å². The van der Waals surface area contributed by atoms with Crippen LogP contribution in [0, 0.1) is 11.3 Å². The quantitative estimate of drug-likeness (QED) is 0.647. The van der Waals surface area contributed by atoms with E-state index in [1.165, 1.54) is 0 Å². The molecule has 0 aromatic carbocycles. The van der Waals surface area contributed by atoms with Gasteiger partial charge in [-0.15, -0.1) is 0 Å². The van der Waals surface area contributed by atoms with Gasteiger partial charge in [-0.1, -0.05) is 20.8 Å². The molecule has 2 atom stereocenters. The third-order valence-electron chi connectivity index (χ3n) is 2.56. The predicted molar refractivity (Wildman–Crippen MR) is 51.9 cm³/mol. The summed E-state index contributed by atoms with van der Waals surface area (Å²) in [4.78, 5) is 0. The van der Waals surface area contributed by atoms with Crippen molar-refractivity contribution >= 4 is 10.1 Å². The Balaban J connectivity index is 2.64. The van der Waals surface area contributed by atoms with Crippen molar-refractivity contribution < 1.29 is 12.6 Å². The van der Waals surface area contributed by atoms with Crippen LogP contribution in [-0.4, -0.2) is 20.8 Å². The Morgan fingerprint density at radius 1 is 1.31 bits per heavy atom. The second kappa shape index (κ2) is 3.24. The minimum atomic E-state index is -3.29. The van der Waals surface area contributed by atoms with Crippen molar-refractivity contribution in [1.82, 2.24) is 0 Å². The molecule has 0 bridgehead atoms. The fourth-order valence-corrected chi connectivity index (χ4v) is 2.89. The lowest BCUT2D eigenvalue weighted by atomic mass is 9.91. The van der Waals surface area contributed by atoms with Gasteiger partial charge in [0, 0.05) is 0 Å². The van der Waals surface area contributed by atoms with Gasteiger partial charge in [-0.05, 0) is 24.2 Å². The van der Waals surface area contributed by atoms with E-state index >= 15 is 0 Å². The summed E-state index contributed by atoms with van der Waals surface area (Å²) >= 11 is 0. The summed E-state index contributed by atoms with van der Waals surface area (Å²) in [5.74, 6) is 0.338. The highest BCUT2D eigenvalue weighted by Crippen LogP contribution is 2.42. The second-order valence-electron chi connectivity index (χ2n) is 4.89. The Morgan fingerprint density at radius 3 is 2.15 bits per heavy atom. The van der Waals surface area contributed by atoms with E-state index in [0.29, 0.717) is 5.92 Å². The smallest absolute Gasteiger partial charge is 0.264 e. The topological polar surface area (TPSA) is 43.4 Å². The highest BCUT2D eigenvalue weighted by molar-refractivity contribution is 7.86. The van der Waals surface area contributed by atoms with Crippen LogP contribution in [-0.2, 0) is 14.3 Å². The van der Waals surface area contributed by atoms with Crippen molar-refractivity contribution in [1.29, 1.82) is 0 Å². The van der Waals surface area contributed by atoms with E-state index in [2.05, 4.69) is 13.8 Å². The van der Waals surface area contributed by atoms with Crippen molar-refractivity contribution in [2.75, 3.05) is 6.26 Å². The standard InChI is InChI=1S/C9H18O3S/c1-7-5-9(2,3)6-8(7)12-13(4,10)11/h7-8H,5-6H2,1-4H3. The van der Waals surface area contributed by atoms with E-state index in [9.17, 15) is 8.42 Å². The summed E-state index contributed by atoms with van der Waals surface area (Å²) in [6.45, 7) is 6.34. The molecule has 1 saturated carbocycles. The largest absolute Gasteiger partial charge is 0.267 e. The van der Waals surface area contributed by atoms with Crippen LogP contribution in [0.25, 0.3) is 0 Å². The molecule has 13 heavy (non-hydrogen) atoms. The van der Waals surface area contributed by atoms with Gasteiger partial charge in [0.25, 0.3) is 10.1 Å². The Hall–Kier alpha value is -0.0900. The minimum Gasteiger partial charge on any atom is -0.267 e. The molecular formula is C9H18O3S. The average Bonchev–Trinajstić information content (AvgIpc) is 2.00. The lowest BCUT2D eigenvalue weighted by Gasteiger charge is -2.16. The molecule has 1 fully saturated rings. The van der Waals surface area contributed by atoms with Crippen LogP contribution in [0.4, 0.5) is 0 Å². The third-order valence-corrected chi connectivity index (χ3v) is 3.16. The molecule has 1 aliphatic carbocycles. The number of hydrogen-bond acceptors (Lipinski definition) is 3. The van der Waals surface area contributed by atoms with Crippen LogP contribution >= 0.6 is 0 Å². The molecule has 3 nitrogen and oxygen atoms in total. The van der Waals surface area contributed by atoms with E-state index in [0.717, 1.165) is 19.1 Å². The van der Waals surface area contributed by atoms with Crippen LogP contribution in [0.3, 0.4) is 0 Å². The molecule has 0 saturated heterocycles. The normalized spacial score (nSPS) is 33.5. The van der Waals surface area contributed by atoms with Gasteiger partial charge in [-0.25, -0.2) is 0 Å². The Labute approximate surface area is 80.6 Å². The summed E-state index contributed by atoms with van der Waals surface area (Å²) < 4.78 is 26.9. The van der Waals surface area contributed by atoms with Gasteiger partial charge in [0.2, 0.25) is 0 Å². The maximum Gasteiger partial charge on any atom is 0.264 e. The van der Waals surface area contributed by atoms with Crippen molar-refractivity contribution in [3.63, 3.8) is 0 Å². The van der Waals surface area contributed by atoms with Crippen molar-refractivity contribution in [3.05, 3.63) is 0 Å². The number of rotatable bonds is 2. The zero-order valence-electron chi connectivity index (χ0n) is 8.70. The fourth-order valence-electron chi connectivity index (χ4n) is 2.19. The van der Waals surface area contributed by atoms with E-state index in [4.69, 9.17) is 4.18 Å². The van der Waals surface area contributed by atoms with E-state index < -0.39 is 10.1 Å². The van der Waals surface area contributed by atoms with Gasteiger partial charge < -0.3 is 0 Å². The Morgan fingerprint density at radius 2 is 1.85 bits per heavy atom. The molecule has 0 N–H and O–H groups in total. The second-order valence-corrected chi connectivity index (χ2v) is 6.49. The zero-order valence-corrected chi connectivity index (χ0v) is 9.52. The monoisotopic (exact) mass is 206 g/mol. The molecule has 1 aliphatic rings. The van der Waals surface area contributed by atoms with Crippen LogP contribution in [0.1, 0.15) is 33.6 Å². The van der Waals surface area contributed by atoms with Crippen LogP contribution in [0.15, 0.2) is 0 Å². The summed E-state index contributed by atoms with van der Waals surface area (Å²) in [5.41, 5.74) is 0.217. The van der Waals surface area contributed by atoms with Crippen molar-refractivity contribution in [3.8, 4) is 0 Å². The molecule has 0 aromatic rings. The third kappa shape index (κ3) is 3.27. The van der Waals surface area contributed by atoms with Gasteiger partial charge in [0.05, 0.1) is 12.4 Å². The van der Waals surface area contributed by atoms with Gasteiger partial charge >= 0.3 is 0 Å². The molecule has 0 spiro atoms. The SMILES string of the molecule is CC1CC(C)(C)CC1OS(C)(=O)=O. The molecule has 0 radical (unpaired) electrons. The molecule has 0 heterocycles. The maximum atomic E-state index is 10.9. The van der Waals surface area contributed by atoms with Crippen LogP contribution < -0.4 is 0 Å². The Kier molecular flexibility index (Phi) is 2.74. The van der Waals surface area contributed by atoms with E-state index in [1.54, 1.807) is 0 Å². The van der Waals surface area contributed by atoms with Gasteiger partial charge in [0.1, 0.15) is 0 Å². The fraction of sp³-hybridized carbons (Fsp3) is 1.00. The summed E-state index contributed by atoms with van der Waals surface area (Å²) in [6.07, 6.45) is 2.87. The lowest BCUT2D eigenvalue weighted by molar-refractivity contribution is 0.171. The van der Waals surface area contributed by atoms with E-state index in [-0.39, 0.29) is 11.5 Å². The maximum absolute atomic E-state index is 10.9. The summed E-state index contributed by atoms with van der Waals surface area (Å²) in [7, 11) is -3.29. The number of hydrogen-bond donors (Lipinski definition) is 0. The van der Waals surface area contributed by atoms with Crippen LogP contribution in [0.2, 0.25) is 0 Å². The lowest BCUT2D eigenvalue weighted by Crippen LogP contribution is -2.20. The van der Waals surface area contributed by atoms with Crippen molar-refractivity contribution in [2.24, 2.45) is 11.3 Å². The van der Waals surface area contributed by atoms with Gasteiger partial charge in [0.15, 0.2) is 0 Å². The minimum absolute atomic E-state index is 0.120. The first-order valence-electron chi connectivity index (χ1n) is 4.58. The Bertz CT molecular complexity index is 279. The molecule has 4 heteroatoms. The predicted octanol–water partition coefficient (Wildman–Crippen LogP) is 1.79. The molecule has 1 rings (SSSR count). The van der Waals surface area contributed by atoms with Gasteiger partial charge in [-0.2, -0.15) is 8.42 Å². The van der Waals surface area contributed by atoms with Gasteiger partial charge in [-0.3, -0.25) is 4.18 Å².